The third-order valence-electron chi connectivity index (χ3n) is 0.955. The third kappa shape index (κ3) is 6.65. The maximum Gasteiger partial charge on any atom is 0.00974 e. The highest BCUT2D eigenvalue weighted by molar-refractivity contribution is 14.1. The zero-order valence-corrected chi connectivity index (χ0v) is 7.15. The standard InChI is InChI=1S/C5H13IN2/c6-4-2-1-3-5-8-7/h8H,1-5,7H2. The summed E-state index contributed by atoms with van der Waals surface area (Å²) in [5.74, 6) is 5.06. The Hall–Kier alpha value is 0.650. The van der Waals surface area contributed by atoms with Crippen molar-refractivity contribution in [3.05, 3.63) is 0 Å². The van der Waals surface area contributed by atoms with E-state index in [2.05, 4.69) is 28.0 Å². The SMILES string of the molecule is NNCCCCCI. The molecule has 0 saturated carbocycles. The molecule has 0 fully saturated rings. The largest absolute Gasteiger partial charge is 0.271 e. The van der Waals surface area contributed by atoms with Crippen LogP contribution in [0.15, 0.2) is 0 Å². The number of halogens is 1. The molecule has 0 radical (unpaired) electrons. The van der Waals surface area contributed by atoms with E-state index in [0.29, 0.717) is 0 Å². The van der Waals surface area contributed by atoms with Crippen LogP contribution in [-0.2, 0) is 0 Å². The molecule has 0 saturated heterocycles. The van der Waals surface area contributed by atoms with Crippen LogP contribution in [-0.4, -0.2) is 11.0 Å². The molecule has 50 valence electrons. The van der Waals surface area contributed by atoms with Crippen molar-refractivity contribution in [1.82, 2.24) is 5.43 Å². The Morgan fingerprint density at radius 1 is 1.25 bits per heavy atom. The lowest BCUT2D eigenvalue weighted by Crippen LogP contribution is -2.22. The summed E-state index contributed by atoms with van der Waals surface area (Å²) in [6.07, 6.45) is 3.83. The number of nitrogens with one attached hydrogen (secondary N) is 1. The van der Waals surface area contributed by atoms with E-state index in [1.54, 1.807) is 0 Å². The summed E-state index contributed by atoms with van der Waals surface area (Å²) in [4.78, 5) is 0. The third-order valence-corrected chi connectivity index (χ3v) is 1.72. The van der Waals surface area contributed by atoms with Gasteiger partial charge in [-0.25, -0.2) is 0 Å². The second kappa shape index (κ2) is 7.65. The summed E-state index contributed by atoms with van der Waals surface area (Å²) in [5, 5.41) is 0. The molecule has 0 unspecified atom stereocenters. The minimum atomic E-state index is 0.955. The zero-order chi connectivity index (χ0) is 6.24. The van der Waals surface area contributed by atoms with E-state index in [9.17, 15) is 0 Å². The fourth-order valence-corrected chi connectivity index (χ4v) is 1.04. The van der Waals surface area contributed by atoms with E-state index < -0.39 is 0 Å². The van der Waals surface area contributed by atoms with Crippen molar-refractivity contribution in [1.29, 1.82) is 0 Å². The van der Waals surface area contributed by atoms with Crippen molar-refractivity contribution in [3.63, 3.8) is 0 Å². The van der Waals surface area contributed by atoms with Gasteiger partial charge in [0.2, 0.25) is 0 Å². The van der Waals surface area contributed by atoms with E-state index in [1.165, 1.54) is 23.7 Å². The molecular formula is C5H13IN2. The highest BCUT2D eigenvalue weighted by atomic mass is 127. The summed E-state index contributed by atoms with van der Waals surface area (Å²) in [7, 11) is 0. The smallest absolute Gasteiger partial charge is 0.00974 e. The number of nitrogens with two attached hydrogens (primary N) is 1. The van der Waals surface area contributed by atoms with Crippen molar-refractivity contribution in [2.75, 3.05) is 11.0 Å². The Kier molecular flexibility index (Phi) is 8.27. The first-order valence-corrected chi connectivity index (χ1v) is 4.44. The number of rotatable bonds is 5. The summed E-state index contributed by atoms with van der Waals surface area (Å²) in [6.45, 7) is 0.955. The molecule has 0 bridgehead atoms. The number of hydrazine groups is 1. The fraction of sp³-hybridized carbons (Fsp3) is 1.00. The van der Waals surface area contributed by atoms with Gasteiger partial charge in [-0.05, 0) is 17.3 Å². The lowest BCUT2D eigenvalue weighted by atomic mass is 10.2. The Morgan fingerprint density at radius 2 is 2.00 bits per heavy atom. The average molecular weight is 228 g/mol. The van der Waals surface area contributed by atoms with Crippen molar-refractivity contribution in [2.24, 2.45) is 5.84 Å². The maximum absolute atomic E-state index is 5.06. The molecule has 3 N–H and O–H groups in total. The molecule has 3 heteroatoms. The van der Waals surface area contributed by atoms with Crippen molar-refractivity contribution in [2.45, 2.75) is 19.3 Å². The van der Waals surface area contributed by atoms with Gasteiger partial charge in [0.15, 0.2) is 0 Å². The quantitative estimate of drug-likeness (QED) is 0.243. The van der Waals surface area contributed by atoms with Gasteiger partial charge in [-0.2, -0.15) is 0 Å². The highest BCUT2D eigenvalue weighted by Crippen LogP contribution is 1.96. The van der Waals surface area contributed by atoms with Crippen molar-refractivity contribution >= 4 is 22.6 Å². The highest BCUT2D eigenvalue weighted by Gasteiger charge is 1.83. The van der Waals surface area contributed by atoms with Crippen molar-refractivity contribution < 1.29 is 0 Å². The van der Waals surface area contributed by atoms with Gasteiger partial charge in [0.05, 0.1) is 0 Å². The summed E-state index contributed by atoms with van der Waals surface area (Å²) in [6, 6.07) is 0. The van der Waals surface area contributed by atoms with Gasteiger partial charge in [0.25, 0.3) is 0 Å². The Morgan fingerprint density at radius 3 is 2.50 bits per heavy atom. The van der Waals surface area contributed by atoms with Gasteiger partial charge in [0, 0.05) is 6.54 Å². The van der Waals surface area contributed by atoms with E-state index in [-0.39, 0.29) is 0 Å². The minimum Gasteiger partial charge on any atom is -0.271 e. The van der Waals surface area contributed by atoms with Gasteiger partial charge in [0.1, 0.15) is 0 Å². The van der Waals surface area contributed by atoms with Gasteiger partial charge >= 0.3 is 0 Å². The van der Waals surface area contributed by atoms with Crippen LogP contribution in [0.1, 0.15) is 19.3 Å². The van der Waals surface area contributed by atoms with Crippen LogP contribution < -0.4 is 11.3 Å². The molecule has 0 heterocycles. The molecule has 8 heavy (non-hydrogen) atoms. The molecule has 2 nitrogen and oxygen atoms in total. The number of unbranched alkanes of at least 4 members (excludes halogenated alkanes) is 2. The van der Waals surface area contributed by atoms with Gasteiger partial charge < -0.3 is 0 Å². The van der Waals surface area contributed by atoms with Crippen LogP contribution in [0, 0.1) is 0 Å². The minimum absolute atomic E-state index is 0.955. The topological polar surface area (TPSA) is 38.0 Å². The molecule has 0 aliphatic heterocycles. The molecule has 0 aliphatic carbocycles. The second-order valence-electron chi connectivity index (χ2n) is 1.70. The van der Waals surface area contributed by atoms with E-state index in [4.69, 9.17) is 5.84 Å². The van der Waals surface area contributed by atoms with E-state index in [0.717, 1.165) is 6.54 Å². The normalized spacial score (nSPS) is 9.75. The second-order valence-corrected chi connectivity index (χ2v) is 2.78. The summed E-state index contributed by atoms with van der Waals surface area (Å²) in [5.41, 5.74) is 2.62. The monoisotopic (exact) mass is 228 g/mol. The number of hydrogen-bond donors (Lipinski definition) is 2. The molecule has 0 rings (SSSR count). The number of hydrogen-bond acceptors (Lipinski definition) is 2. The first-order chi connectivity index (χ1) is 3.91. The fourth-order valence-electron chi connectivity index (χ4n) is 0.498. The molecule has 0 atom stereocenters. The van der Waals surface area contributed by atoms with Crippen LogP contribution >= 0.6 is 22.6 Å². The van der Waals surface area contributed by atoms with E-state index in [1.807, 2.05) is 0 Å². The predicted molar refractivity (Wildman–Crippen MR) is 44.9 cm³/mol. The molecule has 0 aromatic carbocycles. The molecule has 0 aromatic rings. The van der Waals surface area contributed by atoms with Crippen molar-refractivity contribution in [3.8, 4) is 0 Å². The van der Waals surface area contributed by atoms with E-state index >= 15 is 0 Å². The molecule has 0 aliphatic rings. The molecule has 0 amide bonds. The van der Waals surface area contributed by atoms with Gasteiger partial charge in [-0.1, -0.05) is 29.0 Å². The number of alkyl halides is 1. The summed E-state index contributed by atoms with van der Waals surface area (Å²) >= 11 is 2.39. The first kappa shape index (κ1) is 8.65. The Bertz CT molecular complexity index is 35.4. The molecule has 0 spiro atoms. The van der Waals surface area contributed by atoms with Crippen LogP contribution in [0.25, 0.3) is 0 Å². The first-order valence-electron chi connectivity index (χ1n) is 2.91. The predicted octanol–water partition coefficient (Wildman–Crippen LogP) is 1.06. The Balaban J connectivity index is 2.53. The Labute approximate surface area is 64.3 Å². The lowest BCUT2D eigenvalue weighted by molar-refractivity contribution is 0.641. The van der Waals surface area contributed by atoms with Crippen LogP contribution in [0.5, 0.6) is 0 Å². The molecular weight excluding hydrogens is 215 g/mol. The average Bonchev–Trinajstić information content (AvgIpc) is 1.81. The van der Waals surface area contributed by atoms with Crippen LogP contribution in [0.2, 0.25) is 0 Å². The maximum atomic E-state index is 5.06. The lowest BCUT2D eigenvalue weighted by Gasteiger charge is -1.95. The summed E-state index contributed by atoms with van der Waals surface area (Å²) < 4.78 is 1.27. The molecule has 0 aromatic heterocycles. The van der Waals surface area contributed by atoms with Crippen LogP contribution in [0.3, 0.4) is 0 Å². The van der Waals surface area contributed by atoms with Crippen LogP contribution in [0.4, 0.5) is 0 Å². The zero-order valence-electron chi connectivity index (χ0n) is 4.99. The van der Waals surface area contributed by atoms with Gasteiger partial charge in [-0.3, -0.25) is 11.3 Å². The van der Waals surface area contributed by atoms with Gasteiger partial charge in [-0.15, -0.1) is 0 Å².